The van der Waals surface area contributed by atoms with Crippen molar-refractivity contribution in [1.29, 1.82) is 0 Å². The minimum Gasteiger partial charge on any atom is -0.379 e. The van der Waals surface area contributed by atoms with Gasteiger partial charge in [0.1, 0.15) is 0 Å². The molecule has 2 saturated heterocycles. The molecule has 128 valence electrons. The first-order chi connectivity index (χ1) is 11.3. The smallest absolute Gasteiger partial charge is 0.317 e. The molecule has 3 rings (SSSR count). The Hall–Kier alpha value is -1.11. The molecule has 2 aliphatic rings. The molecule has 0 radical (unpaired) electrons. The number of thiophene rings is 1. The van der Waals surface area contributed by atoms with Crippen LogP contribution in [-0.2, 0) is 9.47 Å². The van der Waals surface area contributed by atoms with E-state index in [1.54, 1.807) is 11.3 Å². The van der Waals surface area contributed by atoms with Gasteiger partial charge in [0, 0.05) is 31.2 Å². The van der Waals surface area contributed by atoms with E-state index >= 15 is 0 Å². The monoisotopic (exact) mass is 338 g/mol. The number of hydrogen-bond acceptors (Lipinski definition) is 4. The van der Waals surface area contributed by atoms with E-state index in [0.717, 1.165) is 45.3 Å². The van der Waals surface area contributed by atoms with Crippen LogP contribution < -0.4 is 5.32 Å². The van der Waals surface area contributed by atoms with Crippen LogP contribution in [0.5, 0.6) is 0 Å². The van der Waals surface area contributed by atoms with Gasteiger partial charge < -0.3 is 19.7 Å². The number of carbonyl (C=O) groups excluding carboxylic acids is 1. The van der Waals surface area contributed by atoms with Crippen LogP contribution in [-0.4, -0.2) is 49.9 Å². The van der Waals surface area contributed by atoms with Crippen molar-refractivity contribution in [2.75, 3.05) is 32.9 Å². The summed E-state index contributed by atoms with van der Waals surface area (Å²) in [5, 5.41) is 5.10. The van der Waals surface area contributed by atoms with Gasteiger partial charge in [-0.3, -0.25) is 0 Å². The summed E-state index contributed by atoms with van der Waals surface area (Å²) >= 11 is 1.73. The fourth-order valence-corrected chi connectivity index (χ4v) is 4.12. The largest absolute Gasteiger partial charge is 0.379 e. The number of likely N-dealkylation sites (tertiary alicyclic amines) is 1. The van der Waals surface area contributed by atoms with E-state index in [1.807, 2.05) is 4.90 Å². The summed E-state index contributed by atoms with van der Waals surface area (Å²) in [5.41, 5.74) is 0. The van der Waals surface area contributed by atoms with Gasteiger partial charge in [-0.1, -0.05) is 6.07 Å². The SMILES string of the molecule is O=C(NCCCOC[C@@H]1CCCO1)N1CCC[C@H]1c1cccs1. The molecule has 0 aromatic carbocycles. The topological polar surface area (TPSA) is 50.8 Å². The lowest BCUT2D eigenvalue weighted by atomic mass is 10.2. The molecule has 0 aliphatic carbocycles. The molecule has 23 heavy (non-hydrogen) atoms. The zero-order chi connectivity index (χ0) is 15.9. The average Bonchev–Trinajstić information content (AvgIpc) is 3.32. The average molecular weight is 338 g/mol. The van der Waals surface area contributed by atoms with Crippen LogP contribution in [0.1, 0.15) is 43.0 Å². The number of rotatable bonds is 7. The summed E-state index contributed by atoms with van der Waals surface area (Å²) in [6, 6.07) is 4.49. The Bertz CT molecular complexity index is 474. The summed E-state index contributed by atoms with van der Waals surface area (Å²) in [6.07, 6.45) is 5.52. The molecule has 2 atom stereocenters. The minimum atomic E-state index is 0.0556. The molecular weight excluding hydrogens is 312 g/mol. The summed E-state index contributed by atoms with van der Waals surface area (Å²) in [7, 11) is 0. The minimum absolute atomic E-state index is 0.0556. The number of urea groups is 1. The van der Waals surface area contributed by atoms with Crippen molar-refractivity contribution in [3.8, 4) is 0 Å². The van der Waals surface area contributed by atoms with Gasteiger partial charge in [0.2, 0.25) is 0 Å². The molecule has 0 unspecified atom stereocenters. The Balaban J connectivity index is 1.31. The van der Waals surface area contributed by atoms with Crippen molar-refractivity contribution in [2.24, 2.45) is 0 Å². The molecule has 0 spiro atoms. The number of hydrogen-bond donors (Lipinski definition) is 1. The Morgan fingerprint density at radius 3 is 3.17 bits per heavy atom. The van der Waals surface area contributed by atoms with E-state index in [2.05, 4.69) is 22.8 Å². The highest BCUT2D eigenvalue weighted by atomic mass is 32.1. The third-order valence-corrected chi connectivity index (χ3v) is 5.43. The molecule has 3 heterocycles. The molecule has 2 fully saturated rings. The number of ether oxygens (including phenoxy) is 2. The van der Waals surface area contributed by atoms with Crippen LogP contribution in [0.3, 0.4) is 0 Å². The van der Waals surface area contributed by atoms with Gasteiger partial charge >= 0.3 is 6.03 Å². The van der Waals surface area contributed by atoms with E-state index in [1.165, 1.54) is 4.88 Å². The van der Waals surface area contributed by atoms with Crippen molar-refractivity contribution in [1.82, 2.24) is 10.2 Å². The maximum absolute atomic E-state index is 12.4. The van der Waals surface area contributed by atoms with Crippen LogP contribution in [0, 0.1) is 0 Å². The Labute approximate surface area is 142 Å². The van der Waals surface area contributed by atoms with Crippen molar-refractivity contribution in [3.63, 3.8) is 0 Å². The Kier molecular flexibility index (Phi) is 6.30. The third-order valence-electron chi connectivity index (χ3n) is 4.45. The molecular formula is C17H26N2O3S. The molecule has 5 nitrogen and oxygen atoms in total. The highest BCUT2D eigenvalue weighted by Gasteiger charge is 2.30. The number of nitrogens with one attached hydrogen (secondary N) is 1. The maximum atomic E-state index is 12.4. The van der Waals surface area contributed by atoms with Gasteiger partial charge in [-0.25, -0.2) is 4.79 Å². The number of nitrogens with zero attached hydrogens (tertiary/aromatic N) is 1. The van der Waals surface area contributed by atoms with Crippen LogP contribution >= 0.6 is 11.3 Å². The predicted molar refractivity (Wildman–Crippen MR) is 90.8 cm³/mol. The van der Waals surface area contributed by atoms with Gasteiger partial charge in [0.25, 0.3) is 0 Å². The lowest BCUT2D eigenvalue weighted by Crippen LogP contribution is -2.39. The molecule has 1 N–H and O–H groups in total. The third kappa shape index (κ3) is 4.68. The van der Waals surface area contributed by atoms with Crippen molar-refractivity contribution in [3.05, 3.63) is 22.4 Å². The van der Waals surface area contributed by atoms with Gasteiger partial charge in [-0.2, -0.15) is 0 Å². The second-order valence-corrected chi connectivity index (χ2v) is 7.14. The zero-order valence-electron chi connectivity index (χ0n) is 13.5. The fourth-order valence-electron chi connectivity index (χ4n) is 3.25. The van der Waals surface area contributed by atoms with Crippen LogP contribution in [0.2, 0.25) is 0 Å². The molecule has 0 bridgehead atoms. The van der Waals surface area contributed by atoms with Crippen LogP contribution in [0.15, 0.2) is 17.5 Å². The lowest BCUT2D eigenvalue weighted by molar-refractivity contribution is 0.0167. The normalized spacial score (nSPS) is 24.3. The van der Waals surface area contributed by atoms with E-state index < -0.39 is 0 Å². The molecule has 1 aromatic heterocycles. The first kappa shape index (κ1) is 16.7. The van der Waals surface area contributed by atoms with Gasteiger partial charge in [-0.15, -0.1) is 11.3 Å². The van der Waals surface area contributed by atoms with E-state index in [4.69, 9.17) is 9.47 Å². The molecule has 2 aliphatic heterocycles. The van der Waals surface area contributed by atoms with Crippen molar-refractivity contribution in [2.45, 2.75) is 44.2 Å². The quantitative estimate of drug-likeness (QED) is 0.777. The molecule has 0 saturated carbocycles. The van der Waals surface area contributed by atoms with E-state index in [0.29, 0.717) is 19.8 Å². The number of carbonyl (C=O) groups is 1. The summed E-state index contributed by atoms with van der Waals surface area (Å²) in [6.45, 7) is 3.74. The summed E-state index contributed by atoms with van der Waals surface area (Å²) in [4.78, 5) is 15.6. The number of amides is 2. The molecule has 1 aromatic rings. The van der Waals surface area contributed by atoms with Gasteiger partial charge in [-0.05, 0) is 43.6 Å². The van der Waals surface area contributed by atoms with Crippen LogP contribution in [0.4, 0.5) is 4.79 Å². The lowest BCUT2D eigenvalue weighted by Gasteiger charge is -2.24. The van der Waals surface area contributed by atoms with Crippen molar-refractivity contribution < 1.29 is 14.3 Å². The second kappa shape index (κ2) is 8.66. The molecule has 6 heteroatoms. The summed E-state index contributed by atoms with van der Waals surface area (Å²) in [5.74, 6) is 0. The second-order valence-electron chi connectivity index (χ2n) is 6.16. The summed E-state index contributed by atoms with van der Waals surface area (Å²) < 4.78 is 11.1. The fraction of sp³-hybridized carbons (Fsp3) is 0.706. The Morgan fingerprint density at radius 2 is 2.39 bits per heavy atom. The first-order valence-corrected chi connectivity index (χ1v) is 9.50. The zero-order valence-corrected chi connectivity index (χ0v) is 14.4. The highest BCUT2D eigenvalue weighted by molar-refractivity contribution is 7.10. The highest BCUT2D eigenvalue weighted by Crippen LogP contribution is 2.34. The first-order valence-electron chi connectivity index (χ1n) is 8.62. The Morgan fingerprint density at radius 1 is 1.43 bits per heavy atom. The van der Waals surface area contributed by atoms with Gasteiger partial charge in [0.15, 0.2) is 0 Å². The van der Waals surface area contributed by atoms with E-state index in [9.17, 15) is 4.79 Å². The predicted octanol–water partition coefficient (Wildman–Crippen LogP) is 3.18. The standard InChI is InChI=1S/C17H26N2O3S/c20-17(18-8-4-10-21-13-14-5-2-11-22-14)19-9-1-6-15(19)16-7-3-12-23-16/h3,7,12,14-15H,1-2,4-6,8-11,13H2,(H,18,20)/t14-,15-/m0/s1. The van der Waals surface area contributed by atoms with Gasteiger partial charge in [0.05, 0.1) is 18.8 Å². The maximum Gasteiger partial charge on any atom is 0.317 e. The molecule has 2 amide bonds. The van der Waals surface area contributed by atoms with Crippen molar-refractivity contribution >= 4 is 17.4 Å². The van der Waals surface area contributed by atoms with Crippen LogP contribution in [0.25, 0.3) is 0 Å². The van der Waals surface area contributed by atoms with E-state index in [-0.39, 0.29) is 18.2 Å².